The van der Waals surface area contributed by atoms with Crippen molar-refractivity contribution in [3.63, 3.8) is 0 Å². The van der Waals surface area contributed by atoms with Gasteiger partial charge in [0.2, 0.25) is 0 Å². The molecule has 0 bridgehead atoms. The standard InChI is InChI=1S/C25H32ClN7OS/c1-6-8-21(22(26)28)23(32-18(5)27)33-12-11-20(34-14-13-33)10-9-19(7-2)16(3)15-30-24-17(4)31-25(29)35-24/h6-7,9-10,15H,1-3,5,8,11-14,27-28H2,4H3,(H2,29,31)/b19-9+,20-10+,22-21-,30-15-,32-23+. The molecule has 186 valence electrons. The molecule has 1 fully saturated rings. The van der Waals surface area contributed by atoms with E-state index in [-0.39, 0.29) is 11.0 Å². The topological polar surface area (TPSA) is 128 Å². The number of hydrogen-bond acceptors (Lipinski definition) is 8. The molecule has 0 radical (unpaired) electrons. The van der Waals surface area contributed by atoms with Crippen LogP contribution in [0.5, 0.6) is 0 Å². The molecule has 1 saturated heterocycles. The molecule has 0 aliphatic carbocycles. The van der Waals surface area contributed by atoms with Gasteiger partial charge in [0, 0.05) is 24.8 Å². The van der Waals surface area contributed by atoms with Gasteiger partial charge in [-0.1, -0.05) is 60.9 Å². The van der Waals surface area contributed by atoms with Crippen LogP contribution in [0.4, 0.5) is 10.1 Å². The number of aliphatic imine (C=N–C) groups is 2. The first kappa shape index (κ1) is 27.7. The summed E-state index contributed by atoms with van der Waals surface area (Å²) in [5, 5.41) is 1.37. The van der Waals surface area contributed by atoms with Crippen molar-refractivity contribution in [3.8, 4) is 0 Å². The average Bonchev–Trinajstić information content (AvgIpc) is 2.97. The second-order valence-electron chi connectivity index (χ2n) is 7.52. The Bertz CT molecular complexity index is 1140. The van der Waals surface area contributed by atoms with Crippen molar-refractivity contribution in [2.75, 3.05) is 25.4 Å². The van der Waals surface area contributed by atoms with E-state index in [0.717, 1.165) is 22.0 Å². The van der Waals surface area contributed by atoms with E-state index >= 15 is 0 Å². The summed E-state index contributed by atoms with van der Waals surface area (Å²) in [6.45, 7) is 18.9. The molecule has 8 nitrogen and oxygen atoms in total. The van der Waals surface area contributed by atoms with Crippen molar-refractivity contribution in [3.05, 3.63) is 89.8 Å². The molecule has 0 atom stereocenters. The number of ether oxygens (including phenoxy) is 1. The minimum atomic E-state index is 0.140. The normalized spacial score (nSPS) is 17.1. The van der Waals surface area contributed by atoms with E-state index in [1.807, 2.05) is 24.0 Å². The number of thiazole rings is 1. The second kappa shape index (κ2) is 13.4. The third kappa shape index (κ3) is 8.31. The van der Waals surface area contributed by atoms with Crippen molar-refractivity contribution < 1.29 is 4.74 Å². The largest absolute Gasteiger partial charge is 0.496 e. The Balaban J connectivity index is 2.18. The summed E-state index contributed by atoms with van der Waals surface area (Å²) in [5.74, 6) is 1.54. The highest BCUT2D eigenvalue weighted by atomic mass is 35.5. The van der Waals surface area contributed by atoms with Gasteiger partial charge in [0.05, 0.1) is 18.0 Å². The highest BCUT2D eigenvalue weighted by Gasteiger charge is 2.21. The van der Waals surface area contributed by atoms with E-state index in [9.17, 15) is 0 Å². The maximum atomic E-state index is 6.14. The van der Waals surface area contributed by atoms with Crippen molar-refractivity contribution in [2.45, 2.75) is 19.8 Å². The van der Waals surface area contributed by atoms with Crippen LogP contribution in [0.2, 0.25) is 0 Å². The average molecular weight is 514 g/mol. The molecule has 1 aromatic rings. The lowest BCUT2D eigenvalue weighted by atomic mass is 10.1. The lowest BCUT2D eigenvalue weighted by molar-refractivity contribution is 0.212. The Morgan fingerprint density at radius 3 is 2.60 bits per heavy atom. The van der Waals surface area contributed by atoms with Crippen LogP contribution in [-0.2, 0) is 4.74 Å². The zero-order valence-corrected chi connectivity index (χ0v) is 21.5. The van der Waals surface area contributed by atoms with Crippen molar-refractivity contribution in [1.29, 1.82) is 0 Å². The van der Waals surface area contributed by atoms with Gasteiger partial charge in [-0.05, 0) is 30.6 Å². The number of nitrogen functional groups attached to an aromatic ring is 1. The van der Waals surface area contributed by atoms with Crippen LogP contribution >= 0.6 is 22.9 Å². The Hall–Kier alpha value is -3.56. The molecule has 0 amide bonds. The van der Waals surface area contributed by atoms with E-state index < -0.39 is 0 Å². The van der Waals surface area contributed by atoms with Gasteiger partial charge in [-0.2, -0.15) is 0 Å². The number of hydrogen-bond donors (Lipinski definition) is 3. The first-order chi connectivity index (χ1) is 16.7. The first-order valence-corrected chi connectivity index (χ1v) is 12.0. The molecule has 2 heterocycles. The molecule has 0 spiro atoms. The van der Waals surface area contributed by atoms with Gasteiger partial charge in [0.1, 0.15) is 28.4 Å². The van der Waals surface area contributed by atoms with Crippen LogP contribution in [0.3, 0.4) is 0 Å². The van der Waals surface area contributed by atoms with Gasteiger partial charge in [-0.3, -0.25) is 0 Å². The van der Waals surface area contributed by atoms with Crippen LogP contribution in [0.25, 0.3) is 0 Å². The zero-order chi connectivity index (χ0) is 26.0. The molecule has 1 aromatic heterocycles. The third-order valence-corrected chi connectivity index (χ3v) is 6.02. The van der Waals surface area contributed by atoms with Gasteiger partial charge < -0.3 is 26.8 Å². The Labute approximate surface area is 215 Å². The lowest BCUT2D eigenvalue weighted by Gasteiger charge is -2.25. The van der Waals surface area contributed by atoms with Crippen LogP contribution in [0, 0.1) is 6.92 Å². The van der Waals surface area contributed by atoms with Gasteiger partial charge >= 0.3 is 0 Å². The fraction of sp³-hybridized carbons (Fsp3) is 0.240. The van der Waals surface area contributed by atoms with Gasteiger partial charge in [-0.15, -0.1) is 6.58 Å². The van der Waals surface area contributed by atoms with Gasteiger partial charge in [0.25, 0.3) is 0 Å². The Morgan fingerprint density at radius 1 is 1.29 bits per heavy atom. The highest BCUT2D eigenvalue weighted by molar-refractivity contribution is 7.19. The van der Waals surface area contributed by atoms with Gasteiger partial charge in [-0.25, -0.2) is 15.0 Å². The van der Waals surface area contributed by atoms with Crippen molar-refractivity contribution >= 4 is 45.1 Å². The molecule has 6 N–H and O–H groups in total. The highest BCUT2D eigenvalue weighted by Crippen LogP contribution is 2.28. The number of nitrogens with zero attached hydrogens (tertiary/aromatic N) is 4. The fourth-order valence-corrected chi connectivity index (χ4v) is 4.03. The zero-order valence-electron chi connectivity index (χ0n) is 20.0. The van der Waals surface area contributed by atoms with Crippen molar-refractivity contribution in [1.82, 2.24) is 9.88 Å². The van der Waals surface area contributed by atoms with E-state index in [1.165, 1.54) is 11.3 Å². The number of amidine groups is 1. The molecular formula is C25H32ClN7OS. The number of allylic oxidation sites excluding steroid dienone is 6. The summed E-state index contributed by atoms with van der Waals surface area (Å²) in [6.07, 6.45) is 9.98. The van der Waals surface area contributed by atoms with E-state index in [0.29, 0.717) is 54.7 Å². The van der Waals surface area contributed by atoms with Crippen LogP contribution in [0.15, 0.2) is 94.1 Å². The molecule has 1 aliphatic heterocycles. The minimum Gasteiger partial charge on any atom is -0.496 e. The number of rotatable bonds is 9. The molecular weight excluding hydrogens is 482 g/mol. The van der Waals surface area contributed by atoms with Crippen LogP contribution < -0.4 is 17.2 Å². The monoisotopic (exact) mass is 513 g/mol. The smallest absolute Gasteiger partial charge is 0.182 e. The Morgan fingerprint density at radius 2 is 2.03 bits per heavy atom. The summed E-state index contributed by atoms with van der Waals surface area (Å²) >= 11 is 7.46. The Kier molecular flexibility index (Phi) is 10.6. The van der Waals surface area contributed by atoms with Crippen LogP contribution in [-0.4, -0.2) is 41.6 Å². The fourth-order valence-electron chi connectivity index (χ4n) is 3.19. The van der Waals surface area contributed by atoms with Gasteiger partial charge in [0.15, 0.2) is 5.13 Å². The maximum absolute atomic E-state index is 6.14. The molecule has 0 aromatic carbocycles. The third-order valence-electron chi connectivity index (χ3n) is 4.90. The predicted octanol–water partition coefficient (Wildman–Crippen LogP) is 4.82. The number of aromatic nitrogens is 1. The molecule has 35 heavy (non-hydrogen) atoms. The molecule has 1 aliphatic rings. The van der Waals surface area contributed by atoms with Crippen molar-refractivity contribution in [2.24, 2.45) is 21.5 Å². The summed E-state index contributed by atoms with van der Waals surface area (Å²) in [4.78, 5) is 15.0. The minimum absolute atomic E-state index is 0.140. The molecule has 0 unspecified atom stereocenters. The summed E-state index contributed by atoms with van der Waals surface area (Å²) in [5.41, 5.74) is 20.3. The van der Waals surface area contributed by atoms with E-state index in [4.69, 9.17) is 33.5 Å². The summed E-state index contributed by atoms with van der Waals surface area (Å²) < 4.78 is 5.96. The summed E-state index contributed by atoms with van der Waals surface area (Å²) in [7, 11) is 0. The second-order valence-corrected chi connectivity index (χ2v) is 8.93. The molecule has 0 saturated carbocycles. The lowest BCUT2D eigenvalue weighted by Crippen LogP contribution is -2.35. The van der Waals surface area contributed by atoms with Crippen LogP contribution in [0.1, 0.15) is 18.5 Å². The number of anilines is 1. The predicted molar refractivity (Wildman–Crippen MR) is 150 cm³/mol. The van der Waals surface area contributed by atoms with E-state index in [1.54, 1.807) is 18.4 Å². The molecule has 2 rings (SSSR count). The number of aryl methyl sites for hydroxylation is 1. The maximum Gasteiger partial charge on any atom is 0.182 e. The first-order valence-electron chi connectivity index (χ1n) is 10.8. The quantitative estimate of drug-likeness (QED) is 0.143. The number of halogens is 1. The summed E-state index contributed by atoms with van der Waals surface area (Å²) in [6, 6.07) is 0. The van der Waals surface area contributed by atoms with E-state index in [2.05, 4.69) is 41.3 Å². The SMILES string of the molecule is C=CCC(/C(=N\C(=C)N)N1CCO/C(=C/C=C(\C=C)C(=C)/C=N\c2sc(N)nc2C)CC1)=C(/N)Cl. The number of nitrogens with two attached hydrogens (primary N) is 3. The molecule has 10 heteroatoms.